The summed E-state index contributed by atoms with van der Waals surface area (Å²) in [5, 5.41) is 3.20. The molecule has 1 unspecified atom stereocenters. The second kappa shape index (κ2) is 5.26. The molecule has 2 N–H and O–H groups in total. The molecule has 0 radical (unpaired) electrons. The minimum absolute atomic E-state index is 0.244. The van der Waals surface area contributed by atoms with E-state index in [9.17, 15) is 8.42 Å². The second-order valence-electron chi connectivity index (χ2n) is 4.47. The Morgan fingerprint density at radius 2 is 2.28 bits per heavy atom. The first-order valence-electron chi connectivity index (χ1n) is 5.91. The summed E-state index contributed by atoms with van der Waals surface area (Å²) < 4.78 is 31.8. The van der Waals surface area contributed by atoms with Crippen molar-refractivity contribution in [2.45, 2.75) is 24.3 Å². The monoisotopic (exact) mass is 270 g/mol. The van der Waals surface area contributed by atoms with Crippen molar-refractivity contribution in [1.82, 2.24) is 4.72 Å². The van der Waals surface area contributed by atoms with Gasteiger partial charge in [0.25, 0.3) is 0 Å². The van der Waals surface area contributed by atoms with Gasteiger partial charge in [0.15, 0.2) is 0 Å². The fourth-order valence-corrected chi connectivity index (χ4v) is 3.34. The van der Waals surface area contributed by atoms with Crippen LogP contribution in [0.4, 0.5) is 5.69 Å². The predicted molar refractivity (Wildman–Crippen MR) is 70.3 cm³/mol. The number of ether oxygens (including phenoxy) is 1. The lowest BCUT2D eigenvalue weighted by molar-refractivity contribution is 0.180. The molecule has 5 nitrogen and oxygen atoms in total. The van der Waals surface area contributed by atoms with Crippen LogP contribution in [0.15, 0.2) is 23.1 Å². The van der Waals surface area contributed by atoms with Gasteiger partial charge in [0.2, 0.25) is 10.0 Å². The Labute approximate surface area is 108 Å². The fourth-order valence-electron chi connectivity index (χ4n) is 2.07. The maximum Gasteiger partial charge on any atom is 0.240 e. The van der Waals surface area contributed by atoms with Gasteiger partial charge in [-0.05, 0) is 37.1 Å². The summed E-state index contributed by atoms with van der Waals surface area (Å²) in [6.07, 6.45) is 0.867. The average Bonchev–Trinajstić information content (AvgIpc) is 2.75. The maximum absolute atomic E-state index is 12.1. The van der Waals surface area contributed by atoms with Gasteiger partial charge in [-0.1, -0.05) is 0 Å². The number of fused-ring (bicyclic) bond motifs is 1. The highest BCUT2D eigenvalue weighted by molar-refractivity contribution is 7.89. The number of benzene rings is 1. The fraction of sp³-hybridized carbons (Fsp3) is 0.500. The van der Waals surface area contributed by atoms with Crippen LogP contribution >= 0.6 is 0 Å². The van der Waals surface area contributed by atoms with E-state index in [4.69, 9.17) is 4.74 Å². The first-order valence-corrected chi connectivity index (χ1v) is 7.39. The molecular formula is C12H18N2O3S. The average molecular weight is 270 g/mol. The Morgan fingerprint density at radius 1 is 1.50 bits per heavy atom. The van der Waals surface area contributed by atoms with E-state index in [1.165, 1.54) is 0 Å². The third-order valence-corrected chi connectivity index (χ3v) is 4.46. The van der Waals surface area contributed by atoms with Gasteiger partial charge < -0.3 is 10.1 Å². The molecule has 6 heteroatoms. The Balaban J connectivity index is 2.19. The first kappa shape index (κ1) is 13.3. The standard InChI is InChI=1S/C12H18N2O3S/c1-9(8-17-2)14-18(15,16)11-3-4-12-10(7-11)5-6-13-12/h3-4,7,9,13-14H,5-6,8H2,1-2H3. The number of anilines is 1. The Hall–Kier alpha value is -1.11. The lowest BCUT2D eigenvalue weighted by Crippen LogP contribution is -2.35. The van der Waals surface area contributed by atoms with Crippen molar-refractivity contribution in [2.75, 3.05) is 25.6 Å². The molecule has 0 spiro atoms. The van der Waals surface area contributed by atoms with Gasteiger partial charge in [-0.2, -0.15) is 0 Å². The van der Waals surface area contributed by atoms with Crippen molar-refractivity contribution in [2.24, 2.45) is 0 Å². The van der Waals surface area contributed by atoms with Gasteiger partial charge in [0, 0.05) is 25.4 Å². The van der Waals surface area contributed by atoms with Crippen LogP contribution in [0.2, 0.25) is 0 Å². The molecule has 0 saturated heterocycles. The van der Waals surface area contributed by atoms with Crippen LogP contribution < -0.4 is 10.0 Å². The van der Waals surface area contributed by atoms with Gasteiger partial charge in [-0.3, -0.25) is 0 Å². The molecule has 0 aliphatic carbocycles. The maximum atomic E-state index is 12.1. The van der Waals surface area contributed by atoms with Crippen molar-refractivity contribution in [1.29, 1.82) is 0 Å². The molecule has 1 aromatic carbocycles. The van der Waals surface area contributed by atoms with Crippen molar-refractivity contribution >= 4 is 15.7 Å². The minimum Gasteiger partial charge on any atom is -0.384 e. The van der Waals surface area contributed by atoms with Gasteiger partial charge in [0.05, 0.1) is 11.5 Å². The van der Waals surface area contributed by atoms with Crippen LogP contribution in [-0.2, 0) is 21.2 Å². The quantitative estimate of drug-likeness (QED) is 0.836. The van der Waals surface area contributed by atoms with E-state index in [2.05, 4.69) is 10.0 Å². The second-order valence-corrected chi connectivity index (χ2v) is 6.19. The highest BCUT2D eigenvalue weighted by Crippen LogP contribution is 2.25. The molecule has 2 rings (SSSR count). The predicted octanol–water partition coefficient (Wildman–Crippen LogP) is 0.968. The zero-order valence-electron chi connectivity index (χ0n) is 10.6. The number of methoxy groups -OCH3 is 1. The molecule has 0 saturated carbocycles. The van der Waals surface area contributed by atoms with Gasteiger partial charge in [-0.15, -0.1) is 0 Å². The van der Waals surface area contributed by atoms with E-state index in [-0.39, 0.29) is 6.04 Å². The molecule has 1 heterocycles. The zero-order chi connectivity index (χ0) is 13.2. The highest BCUT2D eigenvalue weighted by atomic mass is 32.2. The topological polar surface area (TPSA) is 67.4 Å². The molecule has 1 atom stereocenters. The van der Waals surface area contributed by atoms with Crippen LogP contribution in [0.3, 0.4) is 0 Å². The Kier molecular flexibility index (Phi) is 3.89. The van der Waals surface area contributed by atoms with E-state index in [1.807, 2.05) is 6.07 Å². The lowest BCUT2D eigenvalue weighted by Gasteiger charge is -2.13. The summed E-state index contributed by atoms with van der Waals surface area (Å²) in [5.41, 5.74) is 2.08. The molecule has 100 valence electrons. The molecule has 1 aromatic rings. The molecule has 1 aliphatic heterocycles. The number of sulfonamides is 1. The third kappa shape index (κ3) is 2.82. The minimum atomic E-state index is -3.46. The van der Waals surface area contributed by atoms with E-state index in [0.717, 1.165) is 24.2 Å². The summed E-state index contributed by atoms with van der Waals surface area (Å²) in [5.74, 6) is 0. The van der Waals surface area contributed by atoms with Crippen LogP contribution in [0.1, 0.15) is 12.5 Å². The largest absolute Gasteiger partial charge is 0.384 e. The van der Waals surface area contributed by atoms with Crippen LogP contribution in [0, 0.1) is 0 Å². The number of hydrogen-bond acceptors (Lipinski definition) is 4. The van der Waals surface area contributed by atoms with Crippen molar-refractivity contribution in [3.63, 3.8) is 0 Å². The summed E-state index contributed by atoms with van der Waals surface area (Å²) >= 11 is 0. The Bertz CT molecular complexity index is 528. The van der Waals surface area contributed by atoms with Crippen molar-refractivity contribution in [3.05, 3.63) is 23.8 Å². The molecule has 0 aromatic heterocycles. The molecule has 0 bridgehead atoms. The van der Waals surface area contributed by atoms with E-state index >= 15 is 0 Å². The molecule has 1 aliphatic rings. The normalized spacial score (nSPS) is 16.1. The SMILES string of the molecule is COCC(C)NS(=O)(=O)c1ccc2c(c1)CCN2. The summed E-state index contributed by atoms with van der Waals surface area (Å²) in [7, 11) is -1.91. The van der Waals surface area contributed by atoms with Gasteiger partial charge >= 0.3 is 0 Å². The zero-order valence-corrected chi connectivity index (χ0v) is 11.4. The third-order valence-electron chi connectivity index (χ3n) is 2.87. The van der Waals surface area contributed by atoms with Gasteiger partial charge in [-0.25, -0.2) is 13.1 Å². The van der Waals surface area contributed by atoms with E-state index in [1.54, 1.807) is 26.2 Å². The number of hydrogen-bond donors (Lipinski definition) is 2. The summed E-state index contributed by atoms with van der Waals surface area (Å²) in [6, 6.07) is 4.93. The van der Waals surface area contributed by atoms with Crippen LogP contribution in [0.5, 0.6) is 0 Å². The number of nitrogens with one attached hydrogen (secondary N) is 2. The number of rotatable bonds is 5. The molecule has 18 heavy (non-hydrogen) atoms. The molecule has 0 amide bonds. The summed E-state index contributed by atoms with van der Waals surface area (Å²) in [4.78, 5) is 0.313. The Morgan fingerprint density at radius 3 is 3.00 bits per heavy atom. The van der Waals surface area contributed by atoms with Crippen molar-refractivity contribution in [3.8, 4) is 0 Å². The van der Waals surface area contributed by atoms with Crippen LogP contribution in [-0.4, -0.2) is 34.7 Å². The summed E-state index contributed by atoms with van der Waals surface area (Å²) in [6.45, 7) is 2.99. The first-order chi connectivity index (χ1) is 8.53. The van der Waals surface area contributed by atoms with Crippen molar-refractivity contribution < 1.29 is 13.2 Å². The van der Waals surface area contributed by atoms with Gasteiger partial charge in [0.1, 0.15) is 0 Å². The van der Waals surface area contributed by atoms with E-state index in [0.29, 0.717) is 11.5 Å². The van der Waals surface area contributed by atoms with E-state index < -0.39 is 10.0 Å². The molecular weight excluding hydrogens is 252 g/mol. The van der Waals surface area contributed by atoms with Crippen LogP contribution in [0.25, 0.3) is 0 Å². The molecule has 0 fully saturated rings. The lowest BCUT2D eigenvalue weighted by atomic mass is 10.2. The highest BCUT2D eigenvalue weighted by Gasteiger charge is 2.20. The smallest absolute Gasteiger partial charge is 0.240 e.